The van der Waals surface area contributed by atoms with E-state index in [2.05, 4.69) is 6.92 Å². The second-order valence-corrected chi connectivity index (χ2v) is 10.00. The molecule has 32 heavy (non-hydrogen) atoms. The van der Waals surface area contributed by atoms with Crippen LogP contribution in [0.3, 0.4) is 0 Å². The van der Waals surface area contributed by atoms with Gasteiger partial charge in [-0.05, 0) is 20.3 Å². The van der Waals surface area contributed by atoms with Crippen LogP contribution in [0.1, 0.15) is 59.8 Å². The van der Waals surface area contributed by atoms with Gasteiger partial charge in [-0.1, -0.05) is 44.8 Å². The molecule has 0 fully saturated rings. The number of aliphatic carboxylic acids is 1. The summed E-state index contributed by atoms with van der Waals surface area (Å²) in [5.74, 6) is -2.37. The molecular weight excluding hydrogens is 451 g/mol. The number of carbonyl (C=O) groups excluding carboxylic acids is 2. The summed E-state index contributed by atoms with van der Waals surface area (Å²) in [7, 11) is -3.72. The van der Waals surface area contributed by atoms with Gasteiger partial charge in [0, 0.05) is 12.2 Å². The zero-order chi connectivity index (χ0) is 25.2. The quantitative estimate of drug-likeness (QED) is 0.124. The van der Waals surface area contributed by atoms with E-state index in [-0.39, 0.29) is 19.6 Å². The fraction of sp³-hybridized carbons (Fsp3) is 0.667. The molecule has 1 unspecified atom stereocenters. The van der Waals surface area contributed by atoms with Gasteiger partial charge in [0.05, 0.1) is 0 Å². The smallest absolute Gasteiger partial charge is 0.330 e. The fourth-order valence-corrected chi connectivity index (χ4v) is 3.99. The van der Waals surface area contributed by atoms with Crippen LogP contribution in [-0.2, 0) is 34.0 Å². The van der Waals surface area contributed by atoms with E-state index in [4.69, 9.17) is 14.0 Å². The Morgan fingerprint density at radius 1 is 1.00 bits per heavy atom. The average Bonchev–Trinajstić information content (AvgIpc) is 2.72. The summed E-state index contributed by atoms with van der Waals surface area (Å²) in [4.78, 5) is 34.8. The first-order valence-corrected chi connectivity index (χ1v) is 13.6. The third-order valence-corrected chi connectivity index (χ3v) is 7.80. The fourth-order valence-electron chi connectivity index (χ4n) is 2.30. The molecule has 180 valence electrons. The summed E-state index contributed by atoms with van der Waals surface area (Å²) in [5, 5.41) is 9.09. The first-order chi connectivity index (χ1) is 14.9. The van der Waals surface area contributed by atoms with E-state index in [0.717, 1.165) is 47.2 Å². The zero-order valence-corrected chi connectivity index (χ0v) is 22.5. The number of hydrogen-bond donors (Lipinski definition) is 2. The Labute approximate surface area is 208 Å². The van der Waals surface area contributed by atoms with Gasteiger partial charge >= 0.3 is 84.8 Å². The first-order valence-electron chi connectivity index (χ1n) is 10.7. The third kappa shape index (κ3) is 15.6. The number of carboxylic acids is 1. The molecule has 11 heteroatoms. The van der Waals surface area contributed by atoms with Gasteiger partial charge in [-0.3, -0.25) is 4.79 Å². The zero-order valence-electron chi connectivity index (χ0n) is 19.7. The number of ether oxygens (including phenoxy) is 2. The molecule has 0 radical (unpaired) electrons. The number of unbranched alkanes of at least 4 members (excludes halogenated alkanes) is 3. The minimum Gasteiger partial charge on any atom is -0.481 e. The molecule has 2 N–H and O–H groups in total. The SMILES string of the molecule is CC([CH2][Na])S(=O)(=O)O.CC=CC(=O)OCC(CCCCCC)(COC(=O)C=CC)C(=O)O. The average molecular weight is 487 g/mol. The molecule has 0 saturated heterocycles. The Kier molecular flexibility index (Phi) is 18.8. The predicted octanol–water partition coefficient (Wildman–Crippen LogP) is 3.12. The largest absolute Gasteiger partial charge is 0.481 e. The van der Waals surface area contributed by atoms with Crippen molar-refractivity contribution in [2.24, 2.45) is 5.41 Å². The van der Waals surface area contributed by atoms with Crippen LogP contribution in [0.25, 0.3) is 0 Å². The van der Waals surface area contributed by atoms with Crippen LogP contribution in [0.2, 0.25) is 3.67 Å². The van der Waals surface area contributed by atoms with Crippen LogP contribution in [0.15, 0.2) is 24.3 Å². The molecule has 1 atom stereocenters. The second kappa shape index (κ2) is 18.3. The van der Waals surface area contributed by atoms with E-state index in [9.17, 15) is 27.9 Å². The van der Waals surface area contributed by atoms with E-state index in [0.29, 0.717) is 10.1 Å². The Bertz CT molecular complexity index is 702. The van der Waals surface area contributed by atoms with Crippen molar-refractivity contribution < 1.29 is 41.9 Å². The summed E-state index contributed by atoms with van der Waals surface area (Å²) in [6.07, 6.45) is 9.27. The van der Waals surface area contributed by atoms with E-state index < -0.39 is 38.7 Å². The Morgan fingerprint density at radius 2 is 1.47 bits per heavy atom. The van der Waals surface area contributed by atoms with Crippen LogP contribution in [0, 0.1) is 5.41 Å². The van der Waals surface area contributed by atoms with Crippen molar-refractivity contribution in [3.8, 4) is 0 Å². The molecule has 0 aliphatic rings. The van der Waals surface area contributed by atoms with Crippen LogP contribution in [0.5, 0.6) is 0 Å². The van der Waals surface area contributed by atoms with E-state index in [1.54, 1.807) is 13.8 Å². The number of allylic oxidation sites excluding steroid dienone is 2. The number of hydrogen-bond acceptors (Lipinski definition) is 7. The normalized spacial score (nSPS) is 14.3. The maximum atomic E-state index is 11.8. The van der Waals surface area contributed by atoms with Gasteiger partial charge in [0.2, 0.25) is 0 Å². The Morgan fingerprint density at radius 3 is 1.75 bits per heavy atom. The van der Waals surface area contributed by atoms with Gasteiger partial charge in [0.1, 0.15) is 18.6 Å². The van der Waals surface area contributed by atoms with Gasteiger partial charge in [-0.2, -0.15) is 0 Å². The van der Waals surface area contributed by atoms with Crippen molar-refractivity contribution in [2.75, 3.05) is 13.2 Å². The second-order valence-electron chi connectivity index (χ2n) is 7.35. The van der Waals surface area contributed by atoms with Gasteiger partial charge in [0.25, 0.3) is 0 Å². The van der Waals surface area contributed by atoms with Crippen LogP contribution >= 0.6 is 0 Å². The van der Waals surface area contributed by atoms with Gasteiger partial charge < -0.3 is 14.6 Å². The molecule has 0 heterocycles. The molecule has 0 amide bonds. The predicted molar refractivity (Wildman–Crippen MR) is 122 cm³/mol. The van der Waals surface area contributed by atoms with E-state index in [1.807, 2.05) is 0 Å². The molecule has 0 aliphatic heterocycles. The molecule has 0 aliphatic carbocycles. The summed E-state index contributed by atoms with van der Waals surface area (Å²) in [5.41, 5.74) is -1.43. The minimum absolute atomic E-state index is 0.272. The molecule has 9 nitrogen and oxygen atoms in total. The van der Waals surface area contributed by atoms with Crippen molar-refractivity contribution in [1.29, 1.82) is 0 Å². The topological polar surface area (TPSA) is 144 Å². The van der Waals surface area contributed by atoms with E-state index >= 15 is 0 Å². The van der Waals surface area contributed by atoms with Gasteiger partial charge in [0.15, 0.2) is 0 Å². The molecule has 0 bridgehead atoms. The van der Waals surface area contributed by atoms with Crippen molar-refractivity contribution in [3.05, 3.63) is 24.3 Å². The third-order valence-electron chi connectivity index (χ3n) is 4.63. The molecular formula is C21H35NaO9S. The summed E-state index contributed by atoms with van der Waals surface area (Å²) >= 11 is 0.814. The van der Waals surface area contributed by atoms with Crippen molar-refractivity contribution in [2.45, 2.75) is 68.7 Å². The molecule has 0 spiro atoms. The maximum absolute atomic E-state index is 11.8. The van der Waals surface area contributed by atoms with Gasteiger partial charge in [-0.15, -0.1) is 0 Å². The van der Waals surface area contributed by atoms with Crippen LogP contribution < -0.4 is 0 Å². The molecule has 0 aromatic carbocycles. The van der Waals surface area contributed by atoms with E-state index in [1.165, 1.54) is 31.2 Å². The number of carboxylic acid groups (broad SMARTS) is 1. The first kappa shape index (κ1) is 33.0. The Hall–Kier alpha value is -1.20. The van der Waals surface area contributed by atoms with Crippen LogP contribution in [-0.4, -0.2) is 82.4 Å². The number of carbonyl (C=O) groups is 3. The Balaban J connectivity index is 0. The van der Waals surface area contributed by atoms with Gasteiger partial charge in [-0.25, -0.2) is 9.59 Å². The van der Waals surface area contributed by atoms with Crippen molar-refractivity contribution in [1.82, 2.24) is 0 Å². The molecule has 0 aromatic heterocycles. The molecule has 0 aromatic rings. The van der Waals surface area contributed by atoms with Crippen LogP contribution in [0.4, 0.5) is 0 Å². The number of esters is 2. The molecule has 0 rings (SSSR count). The monoisotopic (exact) mass is 486 g/mol. The minimum atomic E-state index is -3.72. The number of rotatable bonds is 14. The standard InChI is InChI=1S/C18H28O6.C3H7O3S.Na/c1-4-7-8-9-12-18(17(21)22,13-23-15(19)10-5-2)14-24-16(20)11-6-3;1-3(2)7(4,5)6;/h5-6,10-11H,4,7-9,12-14H2,1-3H3,(H,21,22);3H,1H2,2H3,(H,4,5,6);. The molecule has 0 saturated carbocycles. The summed E-state index contributed by atoms with van der Waals surface area (Å²) in [6, 6.07) is 0. The van der Waals surface area contributed by atoms with Crippen molar-refractivity contribution in [3.63, 3.8) is 0 Å². The summed E-state index contributed by atoms with van der Waals surface area (Å²) < 4.78 is 39.2. The maximum Gasteiger partial charge on any atom is 0.330 e. The summed E-state index contributed by atoms with van der Waals surface area (Å²) in [6.45, 7) is 6.22. The van der Waals surface area contributed by atoms with Crippen molar-refractivity contribution >= 4 is 56.0 Å².